The van der Waals surface area contributed by atoms with Gasteiger partial charge in [0, 0.05) is 12.4 Å². The van der Waals surface area contributed by atoms with Crippen molar-refractivity contribution in [2.75, 3.05) is 18.1 Å². The van der Waals surface area contributed by atoms with Gasteiger partial charge in [0.15, 0.2) is 0 Å². The first-order chi connectivity index (χ1) is 13.7. The number of unbranched alkanes of at least 4 members (excludes halogenated alkanes) is 17. The van der Waals surface area contributed by atoms with Gasteiger partial charge in [0.1, 0.15) is 6.04 Å². The van der Waals surface area contributed by atoms with E-state index in [9.17, 15) is 4.79 Å². The molecule has 4 nitrogen and oxygen atoms in total. The molecule has 0 saturated carbocycles. The lowest BCUT2D eigenvalue weighted by Gasteiger charge is -2.06. The summed E-state index contributed by atoms with van der Waals surface area (Å²) in [5.74, 6) is 0.666. The largest absolute Gasteiger partial charge is 0.480 e. The van der Waals surface area contributed by atoms with Crippen molar-refractivity contribution < 1.29 is 15.0 Å². The third kappa shape index (κ3) is 22.0. The van der Waals surface area contributed by atoms with Crippen molar-refractivity contribution in [2.24, 2.45) is 5.73 Å². The molecule has 0 rings (SSSR count). The third-order valence-electron chi connectivity index (χ3n) is 5.31. The maximum Gasteiger partial charge on any atom is 0.321 e. The average molecular weight is 418 g/mol. The summed E-state index contributed by atoms with van der Waals surface area (Å²) in [7, 11) is 0. The van der Waals surface area contributed by atoms with Crippen molar-refractivity contribution >= 4 is 17.7 Å². The zero-order valence-corrected chi connectivity index (χ0v) is 19.0. The minimum Gasteiger partial charge on any atom is -0.480 e. The maximum atomic E-state index is 10.6. The quantitative estimate of drug-likeness (QED) is 0.174. The van der Waals surface area contributed by atoms with Crippen LogP contribution in [0.1, 0.15) is 116 Å². The van der Waals surface area contributed by atoms with E-state index in [0.717, 1.165) is 12.2 Å². The molecular formula is C23H47NO3S. The van der Waals surface area contributed by atoms with Crippen LogP contribution < -0.4 is 5.73 Å². The van der Waals surface area contributed by atoms with Crippen molar-refractivity contribution in [3.8, 4) is 0 Å². The van der Waals surface area contributed by atoms with Crippen LogP contribution in [0, 0.1) is 0 Å². The molecule has 0 radical (unpaired) electrons. The van der Waals surface area contributed by atoms with Gasteiger partial charge in [0.05, 0.1) is 0 Å². The summed E-state index contributed by atoms with van der Waals surface area (Å²) in [6, 6.07) is -0.710. The van der Waals surface area contributed by atoms with E-state index in [2.05, 4.69) is 0 Å². The van der Waals surface area contributed by atoms with E-state index in [1.165, 1.54) is 109 Å². The van der Waals surface area contributed by atoms with Crippen LogP contribution in [0.25, 0.3) is 0 Å². The summed E-state index contributed by atoms with van der Waals surface area (Å²) in [4.78, 5) is 10.6. The lowest BCUT2D eigenvalue weighted by Crippen LogP contribution is -2.32. The molecule has 0 aliphatic heterocycles. The molecule has 0 aliphatic carbocycles. The number of carboxylic acid groups (broad SMARTS) is 1. The van der Waals surface area contributed by atoms with Crippen LogP contribution in [0.5, 0.6) is 0 Å². The Balaban J connectivity index is 3.04. The molecule has 0 unspecified atom stereocenters. The van der Waals surface area contributed by atoms with Crippen molar-refractivity contribution in [1.82, 2.24) is 0 Å². The van der Waals surface area contributed by atoms with Crippen molar-refractivity contribution in [2.45, 2.75) is 122 Å². The minimum atomic E-state index is -0.895. The fourth-order valence-electron chi connectivity index (χ4n) is 3.43. The first-order valence-electron chi connectivity index (χ1n) is 11.9. The molecule has 0 spiro atoms. The van der Waals surface area contributed by atoms with E-state index in [0.29, 0.717) is 12.4 Å². The number of aliphatic hydroxyl groups is 1. The molecule has 0 aliphatic rings. The molecule has 0 fully saturated rings. The van der Waals surface area contributed by atoms with Gasteiger partial charge in [0.2, 0.25) is 0 Å². The van der Waals surface area contributed by atoms with Gasteiger partial charge in [-0.3, -0.25) is 4.79 Å². The zero-order valence-electron chi connectivity index (χ0n) is 18.2. The SMILES string of the molecule is N[C@@H](CSCCCCCCCCCCCCCCCCCCCCO)C(=O)O. The number of rotatable bonds is 23. The second kappa shape index (κ2) is 23.0. The van der Waals surface area contributed by atoms with Gasteiger partial charge >= 0.3 is 5.97 Å². The molecule has 28 heavy (non-hydrogen) atoms. The number of aliphatic hydroxyl groups excluding tert-OH is 1. The summed E-state index contributed by atoms with van der Waals surface area (Å²) in [5, 5.41) is 17.4. The van der Waals surface area contributed by atoms with Gasteiger partial charge in [-0.2, -0.15) is 11.8 Å². The van der Waals surface area contributed by atoms with Gasteiger partial charge < -0.3 is 15.9 Å². The monoisotopic (exact) mass is 417 g/mol. The Kier molecular flexibility index (Phi) is 22.8. The van der Waals surface area contributed by atoms with Gasteiger partial charge in [-0.25, -0.2) is 0 Å². The van der Waals surface area contributed by atoms with E-state index >= 15 is 0 Å². The van der Waals surface area contributed by atoms with Crippen LogP contribution in [0.2, 0.25) is 0 Å². The van der Waals surface area contributed by atoms with Gasteiger partial charge in [-0.05, 0) is 18.6 Å². The molecule has 0 heterocycles. The Morgan fingerprint density at radius 2 is 0.964 bits per heavy atom. The van der Waals surface area contributed by atoms with Crippen LogP contribution in [0.4, 0.5) is 0 Å². The van der Waals surface area contributed by atoms with Crippen LogP contribution in [-0.4, -0.2) is 40.3 Å². The van der Waals surface area contributed by atoms with Crippen LogP contribution >= 0.6 is 11.8 Å². The molecule has 0 amide bonds. The van der Waals surface area contributed by atoms with E-state index in [1.54, 1.807) is 11.8 Å². The number of nitrogens with two attached hydrogens (primary N) is 1. The predicted molar refractivity (Wildman–Crippen MR) is 123 cm³/mol. The second-order valence-corrected chi connectivity index (χ2v) is 9.26. The van der Waals surface area contributed by atoms with Gasteiger partial charge in [0.25, 0.3) is 0 Å². The highest BCUT2D eigenvalue weighted by Crippen LogP contribution is 2.15. The smallest absolute Gasteiger partial charge is 0.321 e. The summed E-state index contributed by atoms with van der Waals surface area (Å²) in [6.45, 7) is 0.354. The third-order valence-corrected chi connectivity index (χ3v) is 6.48. The van der Waals surface area contributed by atoms with Gasteiger partial charge in [-0.15, -0.1) is 0 Å². The summed E-state index contributed by atoms with van der Waals surface area (Å²) >= 11 is 1.66. The highest BCUT2D eigenvalue weighted by molar-refractivity contribution is 7.99. The summed E-state index contributed by atoms with van der Waals surface area (Å²) < 4.78 is 0. The Morgan fingerprint density at radius 3 is 1.29 bits per heavy atom. The van der Waals surface area contributed by atoms with Crippen molar-refractivity contribution in [1.29, 1.82) is 0 Å². The fraction of sp³-hybridized carbons (Fsp3) is 0.957. The van der Waals surface area contributed by atoms with E-state index in [4.69, 9.17) is 15.9 Å². The molecule has 0 saturated heterocycles. The van der Waals surface area contributed by atoms with Crippen LogP contribution in [0.3, 0.4) is 0 Å². The van der Waals surface area contributed by atoms with Crippen LogP contribution in [-0.2, 0) is 4.79 Å². The average Bonchev–Trinajstić information content (AvgIpc) is 2.68. The molecule has 0 aromatic rings. The number of hydrogen-bond acceptors (Lipinski definition) is 4. The lowest BCUT2D eigenvalue weighted by atomic mass is 10.0. The Bertz CT molecular complexity index is 329. The fourth-order valence-corrected chi connectivity index (χ4v) is 4.40. The topological polar surface area (TPSA) is 83.5 Å². The number of aliphatic carboxylic acids is 1. The zero-order chi connectivity index (χ0) is 20.7. The van der Waals surface area contributed by atoms with E-state index in [1.807, 2.05) is 0 Å². The number of carbonyl (C=O) groups is 1. The Morgan fingerprint density at radius 1 is 0.643 bits per heavy atom. The first kappa shape index (κ1) is 27.7. The number of hydrogen-bond donors (Lipinski definition) is 3. The number of carboxylic acids is 1. The minimum absolute atomic E-state index is 0.354. The van der Waals surface area contributed by atoms with E-state index in [-0.39, 0.29) is 0 Å². The van der Waals surface area contributed by atoms with Crippen molar-refractivity contribution in [3.05, 3.63) is 0 Å². The molecule has 0 aromatic carbocycles. The number of thioether (sulfide) groups is 1. The standard InChI is InChI=1S/C23H47NO3S/c24-22(23(26)27)21-28-20-18-16-14-12-10-8-6-4-2-1-3-5-7-9-11-13-15-17-19-25/h22,25H,1-21,24H2,(H,26,27)/t22-/m0/s1. The molecule has 0 bridgehead atoms. The predicted octanol–water partition coefficient (Wildman–Crippen LogP) is 6.15. The highest BCUT2D eigenvalue weighted by atomic mass is 32.2. The van der Waals surface area contributed by atoms with E-state index < -0.39 is 12.0 Å². The summed E-state index contributed by atoms with van der Waals surface area (Å²) in [6.07, 6.45) is 23.9. The Hall–Kier alpha value is -0.260. The van der Waals surface area contributed by atoms with Crippen LogP contribution in [0.15, 0.2) is 0 Å². The molecule has 5 heteroatoms. The highest BCUT2D eigenvalue weighted by Gasteiger charge is 2.10. The summed E-state index contributed by atoms with van der Waals surface area (Å²) in [5.41, 5.74) is 5.47. The lowest BCUT2D eigenvalue weighted by molar-refractivity contribution is -0.137. The molecule has 168 valence electrons. The first-order valence-corrected chi connectivity index (χ1v) is 13.0. The molecule has 0 aromatic heterocycles. The molecule has 1 atom stereocenters. The Labute approximate surface area is 178 Å². The normalized spacial score (nSPS) is 12.4. The van der Waals surface area contributed by atoms with Crippen molar-refractivity contribution in [3.63, 3.8) is 0 Å². The maximum absolute atomic E-state index is 10.6. The second-order valence-electron chi connectivity index (χ2n) is 8.11. The van der Waals surface area contributed by atoms with Gasteiger partial charge in [-0.1, -0.05) is 103 Å². The molecular weight excluding hydrogens is 370 g/mol. The molecule has 4 N–H and O–H groups in total.